The zero-order valence-electron chi connectivity index (χ0n) is 12.0. The van der Waals surface area contributed by atoms with Crippen molar-refractivity contribution in [3.05, 3.63) is 19.1 Å². The Labute approximate surface area is 113 Å². The van der Waals surface area contributed by atoms with Crippen LogP contribution in [0, 0.1) is 6.42 Å². The van der Waals surface area contributed by atoms with E-state index in [1.807, 2.05) is 0 Å². The number of carbonyl (C=O) groups excluding carboxylic acids is 2. The third-order valence-corrected chi connectivity index (χ3v) is 2.05. The van der Waals surface area contributed by atoms with Crippen LogP contribution in [0.3, 0.4) is 0 Å². The monoisotopic (exact) mass is 273 g/mol. The number of methoxy groups -OCH3 is 1. The summed E-state index contributed by atoms with van der Waals surface area (Å²) in [5.74, 6) is -1.97. The molecule has 19 heavy (non-hydrogen) atoms. The lowest BCUT2D eigenvalue weighted by Crippen LogP contribution is -2.37. The van der Waals surface area contributed by atoms with Crippen molar-refractivity contribution >= 4 is 11.9 Å². The van der Waals surface area contributed by atoms with Gasteiger partial charge in [0.05, 0.1) is 6.42 Å². The summed E-state index contributed by atoms with van der Waals surface area (Å²) in [6.45, 7) is 9.36. The standard InChI is InChI=1S/C13H21O6/c1-7-11(17-9(2)14)8-12(18-10(3)15)19-13(4,5)16-6/h7-8,11-12H,1H2,2-6H3. The largest absolute Gasteiger partial charge is 0.458 e. The Morgan fingerprint density at radius 1 is 1.16 bits per heavy atom. The summed E-state index contributed by atoms with van der Waals surface area (Å²) >= 11 is 0. The third kappa shape index (κ3) is 8.34. The van der Waals surface area contributed by atoms with Gasteiger partial charge in [-0.2, -0.15) is 0 Å². The maximum atomic E-state index is 11.0. The van der Waals surface area contributed by atoms with Crippen LogP contribution in [0.4, 0.5) is 0 Å². The molecule has 0 aliphatic heterocycles. The maximum absolute atomic E-state index is 11.0. The molecule has 0 saturated heterocycles. The SMILES string of the molecule is C=CC([CH]C(OC(C)=O)OC(C)(C)OC)OC(C)=O. The van der Waals surface area contributed by atoms with E-state index < -0.39 is 30.1 Å². The molecule has 0 aromatic rings. The van der Waals surface area contributed by atoms with Gasteiger partial charge in [0, 0.05) is 21.0 Å². The van der Waals surface area contributed by atoms with E-state index in [0.717, 1.165) is 0 Å². The summed E-state index contributed by atoms with van der Waals surface area (Å²) in [5.41, 5.74) is 0. The van der Waals surface area contributed by atoms with Crippen molar-refractivity contribution in [2.75, 3.05) is 7.11 Å². The van der Waals surface area contributed by atoms with Crippen LogP contribution in [0.1, 0.15) is 27.7 Å². The molecule has 0 aliphatic carbocycles. The first kappa shape index (κ1) is 17.6. The van der Waals surface area contributed by atoms with Crippen LogP contribution < -0.4 is 0 Å². The molecule has 0 saturated carbocycles. The quantitative estimate of drug-likeness (QED) is 0.380. The fraction of sp³-hybridized carbons (Fsp3) is 0.615. The van der Waals surface area contributed by atoms with Gasteiger partial charge in [-0.15, -0.1) is 0 Å². The van der Waals surface area contributed by atoms with Gasteiger partial charge in [0.1, 0.15) is 6.10 Å². The van der Waals surface area contributed by atoms with E-state index in [4.69, 9.17) is 18.9 Å². The van der Waals surface area contributed by atoms with Crippen molar-refractivity contribution in [3.8, 4) is 0 Å². The van der Waals surface area contributed by atoms with E-state index in [0.29, 0.717) is 0 Å². The van der Waals surface area contributed by atoms with Crippen molar-refractivity contribution in [3.63, 3.8) is 0 Å². The molecular weight excluding hydrogens is 252 g/mol. The van der Waals surface area contributed by atoms with Crippen LogP contribution in [-0.2, 0) is 28.5 Å². The second-order valence-electron chi connectivity index (χ2n) is 4.20. The summed E-state index contributed by atoms with van der Waals surface area (Å²) in [5, 5.41) is 0. The number of hydrogen-bond acceptors (Lipinski definition) is 6. The van der Waals surface area contributed by atoms with Gasteiger partial charge < -0.3 is 18.9 Å². The van der Waals surface area contributed by atoms with Gasteiger partial charge in [0.2, 0.25) is 6.29 Å². The van der Waals surface area contributed by atoms with Gasteiger partial charge in [-0.3, -0.25) is 9.59 Å². The van der Waals surface area contributed by atoms with Gasteiger partial charge in [0.25, 0.3) is 0 Å². The smallest absolute Gasteiger partial charge is 0.304 e. The summed E-state index contributed by atoms with van der Waals surface area (Å²) in [4.78, 5) is 21.9. The second kappa shape index (κ2) is 7.91. The highest BCUT2D eigenvalue weighted by Crippen LogP contribution is 2.18. The lowest BCUT2D eigenvalue weighted by atomic mass is 10.2. The van der Waals surface area contributed by atoms with Crippen LogP contribution in [0.25, 0.3) is 0 Å². The normalized spacial score (nSPS) is 14.4. The first-order valence-electron chi connectivity index (χ1n) is 5.75. The van der Waals surface area contributed by atoms with Crippen LogP contribution in [0.15, 0.2) is 12.7 Å². The Kier molecular flexibility index (Phi) is 7.33. The van der Waals surface area contributed by atoms with Crippen molar-refractivity contribution in [1.82, 2.24) is 0 Å². The van der Waals surface area contributed by atoms with E-state index >= 15 is 0 Å². The molecule has 6 nitrogen and oxygen atoms in total. The lowest BCUT2D eigenvalue weighted by molar-refractivity contribution is -0.269. The van der Waals surface area contributed by atoms with Gasteiger partial charge in [0.15, 0.2) is 5.79 Å². The van der Waals surface area contributed by atoms with Gasteiger partial charge >= 0.3 is 11.9 Å². The van der Waals surface area contributed by atoms with Crippen molar-refractivity contribution in [2.45, 2.75) is 45.9 Å². The molecule has 0 aromatic carbocycles. The first-order chi connectivity index (χ1) is 8.70. The van der Waals surface area contributed by atoms with Crippen LogP contribution in [0.5, 0.6) is 0 Å². The summed E-state index contributed by atoms with van der Waals surface area (Å²) < 4.78 is 20.4. The maximum Gasteiger partial charge on any atom is 0.304 e. The average Bonchev–Trinajstić information content (AvgIpc) is 2.26. The van der Waals surface area contributed by atoms with E-state index in [-0.39, 0.29) is 0 Å². The Balaban J connectivity index is 4.69. The van der Waals surface area contributed by atoms with E-state index in [2.05, 4.69) is 6.58 Å². The molecule has 2 unspecified atom stereocenters. The predicted octanol–water partition coefficient (Wildman–Crippen LogP) is 1.60. The van der Waals surface area contributed by atoms with Crippen LogP contribution >= 0.6 is 0 Å². The number of rotatable bonds is 8. The predicted molar refractivity (Wildman–Crippen MR) is 67.8 cm³/mol. The molecule has 0 aliphatic rings. The highest BCUT2D eigenvalue weighted by Gasteiger charge is 2.28. The molecule has 0 fully saturated rings. The zero-order chi connectivity index (χ0) is 15.1. The molecule has 0 rings (SSSR count). The number of esters is 2. The van der Waals surface area contributed by atoms with Gasteiger partial charge in [-0.25, -0.2) is 0 Å². The second-order valence-corrected chi connectivity index (χ2v) is 4.20. The Bertz CT molecular complexity index is 323. The summed E-state index contributed by atoms with van der Waals surface area (Å²) in [7, 11) is 1.46. The van der Waals surface area contributed by atoms with Crippen LogP contribution in [0.2, 0.25) is 0 Å². The number of hydrogen-bond donors (Lipinski definition) is 0. The minimum Gasteiger partial charge on any atom is -0.458 e. The van der Waals surface area contributed by atoms with E-state index in [9.17, 15) is 9.59 Å². The average molecular weight is 273 g/mol. The van der Waals surface area contributed by atoms with Gasteiger partial charge in [-0.05, 0) is 13.8 Å². The molecule has 109 valence electrons. The molecular formula is C13H21O6. The fourth-order valence-corrected chi connectivity index (χ4v) is 1.11. The number of carbonyl (C=O) groups is 2. The molecule has 6 heteroatoms. The summed E-state index contributed by atoms with van der Waals surface area (Å²) in [6, 6.07) is 0. The highest BCUT2D eigenvalue weighted by molar-refractivity contribution is 5.67. The molecule has 1 radical (unpaired) electrons. The van der Waals surface area contributed by atoms with E-state index in [1.165, 1.54) is 33.5 Å². The van der Waals surface area contributed by atoms with Crippen molar-refractivity contribution in [1.29, 1.82) is 0 Å². The molecule has 0 heterocycles. The van der Waals surface area contributed by atoms with Gasteiger partial charge in [-0.1, -0.05) is 12.7 Å². The minimum atomic E-state index is -1.02. The number of ether oxygens (including phenoxy) is 4. The molecule has 0 N–H and O–H groups in total. The zero-order valence-corrected chi connectivity index (χ0v) is 12.0. The molecule has 0 bridgehead atoms. The topological polar surface area (TPSA) is 71.1 Å². The Morgan fingerprint density at radius 3 is 2.05 bits per heavy atom. The Morgan fingerprint density at radius 2 is 1.68 bits per heavy atom. The minimum absolute atomic E-state index is 0.478. The fourth-order valence-electron chi connectivity index (χ4n) is 1.11. The third-order valence-electron chi connectivity index (χ3n) is 2.05. The lowest BCUT2D eigenvalue weighted by Gasteiger charge is -2.29. The summed E-state index contributed by atoms with van der Waals surface area (Å²) in [6.07, 6.45) is 1.04. The van der Waals surface area contributed by atoms with E-state index in [1.54, 1.807) is 13.8 Å². The molecule has 2 atom stereocenters. The molecule has 0 spiro atoms. The highest BCUT2D eigenvalue weighted by atomic mass is 16.8. The molecule has 0 amide bonds. The van der Waals surface area contributed by atoms with Crippen molar-refractivity contribution in [2.24, 2.45) is 0 Å². The Hall–Kier alpha value is -1.40. The molecule has 0 aromatic heterocycles. The van der Waals surface area contributed by atoms with Crippen molar-refractivity contribution < 1.29 is 28.5 Å². The van der Waals surface area contributed by atoms with Crippen LogP contribution in [-0.4, -0.2) is 37.2 Å². The first-order valence-corrected chi connectivity index (χ1v) is 5.75.